The van der Waals surface area contributed by atoms with E-state index in [1.165, 1.54) is 6.07 Å². The lowest BCUT2D eigenvalue weighted by atomic mass is 10.3. The van der Waals surface area contributed by atoms with Gasteiger partial charge in [-0.15, -0.1) is 0 Å². The van der Waals surface area contributed by atoms with E-state index in [1.807, 2.05) is 0 Å². The quantitative estimate of drug-likeness (QED) is 0.581. The van der Waals surface area contributed by atoms with Crippen molar-refractivity contribution in [3.8, 4) is 0 Å². The highest BCUT2D eigenvalue weighted by atomic mass is 32.1. The Morgan fingerprint density at radius 1 is 1.18 bits per heavy atom. The summed E-state index contributed by atoms with van der Waals surface area (Å²) >= 11 is 1.09. The second kappa shape index (κ2) is 5.41. The summed E-state index contributed by atoms with van der Waals surface area (Å²) in [5.41, 5.74) is 0.477. The number of hydrogen-bond donors (Lipinski definition) is 1. The van der Waals surface area contributed by atoms with Crippen molar-refractivity contribution in [1.82, 2.24) is 4.98 Å². The van der Waals surface area contributed by atoms with E-state index in [0.717, 1.165) is 16.2 Å². The van der Waals surface area contributed by atoms with Crippen LogP contribution in [-0.4, -0.2) is 21.1 Å². The van der Waals surface area contributed by atoms with Gasteiger partial charge in [0.25, 0.3) is 5.69 Å². The Morgan fingerprint density at radius 2 is 1.91 bits per heavy atom. The number of para-hydroxylation sites is 2. The van der Waals surface area contributed by atoms with E-state index in [1.54, 1.807) is 42.5 Å². The van der Waals surface area contributed by atoms with Crippen molar-refractivity contribution in [3.63, 3.8) is 0 Å². The number of carbonyl (C=O) groups is 1. The number of aromatic nitrogens is 1. The van der Waals surface area contributed by atoms with E-state index in [9.17, 15) is 20.0 Å². The minimum atomic E-state index is -1.20. The van der Waals surface area contributed by atoms with Crippen molar-refractivity contribution < 1.29 is 14.8 Å². The lowest BCUT2D eigenvalue weighted by molar-refractivity contribution is -0.383. The molecule has 3 rings (SSSR count). The fourth-order valence-electron chi connectivity index (χ4n) is 2.05. The molecule has 0 spiro atoms. The zero-order valence-electron chi connectivity index (χ0n) is 11.0. The minimum absolute atomic E-state index is 0.140. The van der Waals surface area contributed by atoms with Gasteiger partial charge in [-0.1, -0.05) is 35.6 Å². The van der Waals surface area contributed by atoms with Crippen LogP contribution in [0.15, 0.2) is 48.5 Å². The van der Waals surface area contributed by atoms with Gasteiger partial charge in [0.1, 0.15) is 0 Å². The molecule has 2 aromatic carbocycles. The number of fused-ring (bicyclic) bond motifs is 1. The highest BCUT2D eigenvalue weighted by Crippen LogP contribution is 2.36. The molecular weight excluding hydrogens is 306 g/mol. The maximum atomic E-state index is 11.6. The molecular formula is C14H9N3O4S. The number of thiazole rings is 1. The van der Waals surface area contributed by atoms with Crippen LogP contribution in [0.3, 0.4) is 0 Å². The Hall–Kier alpha value is -3.00. The molecule has 1 aromatic heterocycles. The van der Waals surface area contributed by atoms with Crippen molar-refractivity contribution in [3.05, 3.63) is 58.6 Å². The van der Waals surface area contributed by atoms with Crippen molar-refractivity contribution in [1.29, 1.82) is 0 Å². The Labute approximate surface area is 128 Å². The first kappa shape index (κ1) is 14.0. The number of nitro groups is 1. The van der Waals surface area contributed by atoms with Gasteiger partial charge in [0, 0.05) is 6.07 Å². The normalized spacial score (nSPS) is 10.5. The van der Waals surface area contributed by atoms with Gasteiger partial charge in [0.15, 0.2) is 5.52 Å². The fourth-order valence-corrected chi connectivity index (χ4v) is 3.05. The van der Waals surface area contributed by atoms with E-state index in [-0.39, 0.29) is 16.3 Å². The Morgan fingerprint density at radius 3 is 2.55 bits per heavy atom. The number of nitro benzene ring substituents is 1. The molecule has 0 saturated heterocycles. The highest BCUT2D eigenvalue weighted by molar-refractivity contribution is 7.22. The first-order valence-electron chi connectivity index (χ1n) is 6.20. The van der Waals surface area contributed by atoms with Crippen LogP contribution in [-0.2, 0) is 0 Å². The molecule has 3 aromatic rings. The SMILES string of the molecule is O=C(O)N(c1ccccc1)c1nc2c([N+](=O)[O-])cccc2s1. The van der Waals surface area contributed by atoms with E-state index in [0.29, 0.717) is 10.4 Å². The van der Waals surface area contributed by atoms with Gasteiger partial charge in [-0.2, -0.15) is 0 Å². The van der Waals surface area contributed by atoms with Crippen LogP contribution in [0.1, 0.15) is 0 Å². The fraction of sp³-hybridized carbons (Fsp3) is 0. The summed E-state index contributed by atoms with van der Waals surface area (Å²) in [6.45, 7) is 0. The molecule has 0 saturated carbocycles. The first-order chi connectivity index (χ1) is 10.6. The van der Waals surface area contributed by atoms with Crippen LogP contribution in [0.5, 0.6) is 0 Å². The molecule has 1 N–H and O–H groups in total. The summed E-state index contributed by atoms with van der Waals surface area (Å²) in [5.74, 6) is 0. The van der Waals surface area contributed by atoms with Gasteiger partial charge in [-0.3, -0.25) is 10.1 Å². The molecule has 110 valence electrons. The van der Waals surface area contributed by atoms with Crippen molar-refractivity contribution in [2.75, 3.05) is 4.90 Å². The molecule has 7 nitrogen and oxygen atoms in total. The van der Waals surface area contributed by atoms with E-state index in [4.69, 9.17) is 0 Å². The molecule has 0 bridgehead atoms. The average Bonchev–Trinajstić information content (AvgIpc) is 2.90. The van der Waals surface area contributed by atoms with Gasteiger partial charge < -0.3 is 5.11 Å². The van der Waals surface area contributed by atoms with Crippen molar-refractivity contribution in [2.24, 2.45) is 0 Å². The lowest BCUT2D eigenvalue weighted by Gasteiger charge is -2.15. The number of nitrogens with zero attached hydrogens (tertiary/aromatic N) is 3. The Kier molecular flexibility index (Phi) is 3.43. The number of hydrogen-bond acceptors (Lipinski definition) is 5. The Balaban J connectivity index is 2.18. The number of benzene rings is 2. The highest BCUT2D eigenvalue weighted by Gasteiger charge is 2.23. The monoisotopic (exact) mass is 315 g/mol. The van der Waals surface area contributed by atoms with E-state index in [2.05, 4.69) is 4.98 Å². The zero-order chi connectivity index (χ0) is 15.7. The summed E-state index contributed by atoms with van der Waals surface area (Å²) < 4.78 is 0.561. The summed E-state index contributed by atoms with van der Waals surface area (Å²) in [5, 5.41) is 20.7. The summed E-state index contributed by atoms with van der Waals surface area (Å²) in [6.07, 6.45) is -1.20. The first-order valence-corrected chi connectivity index (χ1v) is 7.01. The second-order valence-corrected chi connectivity index (χ2v) is 5.34. The van der Waals surface area contributed by atoms with Crippen LogP contribution < -0.4 is 4.90 Å². The lowest BCUT2D eigenvalue weighted by Crippen LogP contribution is -2.23. The van der Waals surface area contributed by atoms with E-state index < -0.39 is 11.0 Å². The van der Waals surface area contributed by atoms with Crippen LogP contribution in [0.25, 0.3) is 10.2 Å². The van der Waals surface area contributed by atoms with Gasteiger partial charge in [0.2, 0.25) is 5.13 Å². The molecule has 1 heterocycles. The maximum absolute atomic E-state index is 11.6. The average molecular weight is 315 g/mol. The molecule has 8 heteroatoms. The van der Waals surface area contributed by atoms with Gasteiger partial charge in [-0.25, -0.2) is 14.7 Å². The van der Waals surface area contributed by atoms with Gasteiger partial charge in [0.05, 0.1) is 15.3 Å². The van der Waals surface area contributed by atoms with E-state index >= 15 is 0 Å². The molecule has 0 aliphatic rings. The molecule has 1 amide bonds. The molecule has 0 aliphatic heterocycles. The third-order valence-corrected chi connectivity index (χ3v) is 3.99. The van der Waals surface area contributed by atoms with Gasteiger partial charge in [-0.05, 0) is 18.2 Å². The number of amides is 1. The molecule has 0 unspecified atom stereocenters. The third kappa shape index (κ3) is 2.35. The minimum Gasteiger partial charge on any atom is -0.464 e. The molecule has 0 radical (unpaired) electrons. The predicted octanol–water partition coefficient (Wildman–Crippen LogP) is 4.02. The summed E-state index contributed by atoms with van der Waals surface area (Å²) in [7, 11) is 0. The van der Waals surface area contributed by atoms with Crippen molar-refractivity contribution in [2.45, 2.75) is 0 Å². The number of non-ortho nitro benzene ring substituents is 1. The standard InChI is InChI=1S/C14H9N3O4S/c18-14(19)16(9-5-2-1-3-6-9)13-15-12-10(17(20)21)7-4-8-11(12)22-13/h1-8H,(H,18,19). The number of anilines is 2. The third-order valence-electron chi connectivity index (χ3n) is 2.98. The zero-order valence-corrected chi connectivity index (χ0v) is 11.9. The maximum Gasteiger partial charge on any atom is 0.418 e. The summed E-state index contributed by atoms with van der Waals surface area (Å²) in [6, 6.07) is 13.0. The predicted molar refractivity (Wildman–Crippen MR) is 82.9 cm³/mol. The van der Waals surface area contributed by atoms with Crippen molar-refractivity contribution >= 4 is 44.2 Å². The molecule has 0 fully saturated rings. The topological polar surface area (TPSA) is 96.6 Å². The Bertz CT molecular complexity index is 863. The second-order valence-electron chi connectivity index (χ2n) is 4.33. The van der Waals surface area contributed by atoms with Gasteiger partial charge >= 0.3 is 6.09 Å². The number of rotatable bonds is 3. The van der Waals surface area contributed by atoms with Crippen LogP contribution in [0.4, 0.5) is 21.3 Å². The molecule has 0 aliphatic carbocycles. The largest absolute Gasteiger partial charge is 0.464 e. The van der Waals surface area contributed by atoms with Crippen LogP contribution in [0, 0.1) is 10.1 Å². The van der Waals surface area contributed by atoms with Crippen LogP contribution >= 0.6 is 11.3 Å². The van der Waals surface area contributed by atoms with Crippen LogP contribution in [0.2, 0.25) is 0 Å². The molecule has 0 atom stereocenters. The summed E-state index contributed by atoms with van der Waals surface area (Å²) in [4.78, 5) is 27.2. The smallest absolute Gasteiger partial charge is 0.418 e. The molecule has 22 heavy (non-hydrogen) atoms. The number of carboxylic acid groups (broad SMARTS) is 1.